The lowest BCUT2D eigenvalue weighted by Crippen LogP contribution is -1.81. The van der Waals surface area contributed by atoms with E-state index >= 15 is 0 Å². The van der Waals surface area contributed by atoms with Gasteiger partial charge in [-0.3, -0.25) is 0 Å². The van der Waals surface area contributed by atoms with Crippen molar-refractivity contribution in [2.45, 2.75) is 0 Å². The molecule has 0 aliphatic rings. The van der Waals surface area contributed by atoms with E-state index in [2.05, 4.69) is 15.1 Å². The van der Waals surface area contributed by atoms with Crippen LogP contribution in [0.25, 0.3) is 32.3 Å². The number of diazo groups is 1. The molecule has 0 saturated carbocycles. The molecule has 0 bridgehead atoms. The number of fused-ring (bicyclic) bond motifs is 2. The average Bonchev–Trinajstić information content (AvgIpc) is 2.43. The van der Waals surface area contributed by atoms with Gasteiger partial charge in [0, 0.05) is 22.5 Å². The lowest BCUT2D eigenvalue weighted by molar-refractivity contribution is 1.44. The predicted molar refractivity (Wildman–Crippen MR) is 69.4 cm³/mol. The van der Waals surface area contributed by atoms with E-state index in [9.17, 15) is 0 Å². The molecule has 1 heterocycles. The second-order valence-electron chi connectivity index (χ2n) is 3.94. The largest absolute Gasteiger partial charge is 0.706 e. The molecule has 0 spiro atoms. The first kappa shape index (κ1) is 10.3. The summed E-state index contributed by atoms with van der Waals surface area (Å²) in [6, 6.07) is 12.5. The molecule has 5 heteroatoms. The molecule has 0 amide bonds. The highest BCUT2D eigenvalue weighted by molar-refractivity contribution is 5.94. The molecule has 0 aliphatic heterocycles. The zero-order chi connectivity index (χ0) is 12.5. The fraction of sp³-hybridized carbons (Fsp3) is 0. The van der Waals surface area contributed by atoms with Crippen LogP contribution in [0.5, 0.6) is 0 Å². The molecule has 0 fully saturated rings. The highest BCUT2D eigenvalue weighted by Gasteiger charge is 2.07. The molecule has 0 N–H and O–H groups in total. The molecular weight excluding hydrogens is 226 g/mol. The van der Waals surface area contributed by atoms with E-state index in [1.165, 1.54) is 0 Å². The third-order valence-electron chi connectivity index (χ3n) is 2.81. The number of hydrogen-bond donors (Lipinski definition) is 0. The molecule has 0 radical (unpaired) electrons. The van der Waals surface area contributed by atoms with Crippen LogP contribution in [0.4, 0.5) is 11.4 Å². The van der Waals surface area contributed by atoms with Crippen molar-refractivity contribution in [2.75, 3.05) is 0 Å². The van der Waals surface area contributed by atoms with Crippen molar-refractivity contribution >= 4 is 33.2 Å². The minimum absolute atomic E-state index is 0.456. The maximum absolute atomic E-state index is 8.74. The first-order chi connectivity index (χ1) is 8.80. The summed E-state index contributed by atoms with van der Waals surface area (Å²) >= 11 is 0. The van der Waals surface area contributed by atoms with Crippen molar-refractivity contribution < 1.29 is 0 Å². The summed E-state index contributed by atoms with van der Waals surface area (Å²) in [4.78, 5) is 7.59. The molecule has 3 aromatic rings. The number of nitrogens with zero attached hydrogens (tertiary/aromatic N) is 5. The standard InChI is InChI=1S/C13H7N5/c14-17-10-3-1-8-5-9-2-4-11(18-15)7-13(9)16-12(8)6-10/h1-7H. The van der Waals surface area contributed by atoms with Crippen molar-refractivity contribution in [3.05, 3.63) is 53.0 Å². The van der Waals surface area contributed by atoms with Crippen LogP contribution >= 0.6 is 0 Å². The van der Waals surface area contributed by atoms with Crippen molar-refractivity contribution in [1.29, 1.82) is 5.39 Å². The van der Waals surface area contributed by atoms with Gasteiger partial charge in [0.1, 0.15) is 0 Å². The Balaban J connectivity index is 2.37. The lowest BCUT2D eigenvalue weighted by Gasteiger charge is -2.02. The van der Waals surface area contributed by atoms with Gasteiger partial charge < -0.3 is 10.6 Å². The molecule has 2 aromatic carbocycles. The number of pyridine rings is 1. The predicted octanol–water partition coefficient (Wildman–Crippen LogP) is 4.53. The fourth-order valence-electron chi connectivity index (χ4n) is 1.92. The third kappa shape index (κ3) is 1.57. The Morgan fingerprint density at radius 3 is 2.44 bits per heavy atom. The van der Waals surface area contributed by atoms with Crippen LogP contribution in [-0.4, -0.2) is 4.98 Å². The highest BCUT2D eigenvalue weighted by atomic mass is 15.0. The topological polar surface area (TPSA) is 75.7 Å². The van der Waals surface area contributed by atoms with Crippen molar-refractivity contribution in [3.8, 4) is 0 Å². The Kier molecular flexibility index (Phi) is 2.21. The molecule has 3 rings (SSSR count). The van der Waals surface area contributed by atoms with Gasteiger partial charge in [0.2, 0.25) is 5.39 Å². The van der Waals surface area contributed by atoms with Crippen LogP contribution in [0.1, 0.15) is 0 Å². The van der Waals surface area contributed by atoms with Crippen LogP contribution < -0.4 is 0 Å². The highest BCUT2D eigenvalue weighted by Crippen LogP contribution is 2.26. The Hall–Kier alpha value is -2.87. The first-order valence-electron chi connectivity index (χ1n) is 5.35. The second kappa shape index (κ2) is 3.86. The van der Waals surface area contributed by atoms with Gasteiger partial charge in [-0.2, -0.15) is 0 Å². The lowest BCUT2D eigenvalue weighted by atomic mass is 10.1. The summed E-state index contributed by atoms with van der Waals surface area (Å²) in [5.74, 6) is 0. The van der Waals surface area contributed by atoms with Crippen molar-refractivity contribution in [3.63, 3.8) is 0 Å². The van der Waals surface area contributed by atoms with Gasteiger partial charge in [-0.25, -0.2) is 4.98 Å². The smallest absolute Gasteiger partial charge is 0.387 e. The average molecular weight is 233 g/mol. The zero-order valence-electron chi connectivity index (χ0n) is 9.28. The van der Waals surface area contributed by atoms with Crippen LogP contribution in [0.2, 0.25) is 0 Å². The number of aromatic nitrogens is 1. The van der Waals surface area contributed by atoms with Gasteiger partial charge in [-0.1, -0.05) is 6.07 Å². The van der Waals surface area contributed by atoms with Gasteiger partial charge in [-0.05, 0) is 24.3 Å². The van der Waals surface area contributed by atoms with Crippen LogP contribution in [0.3, 0.4) is 0 Å². The molecule has 0 unspecified atom stereocenters. The Morgan fingerprint density at radius 2 is 1.72 bits per heavy atom. The molecule has 5 nitrogen and oxygen atoms in total. The van der Waals surface area contributed by atoms with E-state index in [-0.39, 0.29) is 0 Å². The first-order valence-corrected chi connectivity index (χ1v) is 5.35. The van der Waals surface area contributed by atoms with Gasteiger partial charge in [0.15, 0.2) is 4.98 Å². The molecule has 18 heavy (non-hydrogen) atoms. The van der Waals surface area contributed by atoms with Gasteiger partial charge in [0.05, 0.1) is 17.1 Å². The molecule has 84 valence electrons. The molecular formula is C13H7N5. The van der Waals surface area contributed by atoms with E-state index in [1.54, 1.807) is 24.3 Å². The normalized spacial score (nSPS) is 10.4. The summed E-state index contributed by atoms with van der Waals surface area (Å²) in [6.45, 7) is 0. The molecule has 1 aromatic heterocycles. The summed E-state index contributed by atoms with van der Waals surface area (Å²) in [6.07, 6.45) is 0. The van der Waals surface area contributed by atoms with E-state index in [4.69, 9.17) is 10.9 Å². The number of hydrogen-bond acceptors (Lipinski definition) is 3. The van der Waals surface area contributed by atoms with E-state index in [1.807, 2.05) is 18.2 Å². The van der Waals surface area contributed by atoms with Gasteiger partial charge in [0.25, 0.3) is 0 Å². The fourth-order valence-corrected chi connectivity index (χ4v) is 1.92. The molecule has 0 atom stereocenters. The Morgan fingerprint density at radius 1 is 1.00 bits per heavy atom. The summed E-state index contributed by atoms with van der Waals surface area (Å²) < 4.78 is 0. The zero-order valence-corrected chi connectivity index (χ0v) is 9.28. The van der Waals surface area contributed by atoms with Gasteiger partial charge >= 0.3 is 5.69 Å². The maximum Gasteiger partial charge on any atom is 0.387 e. The minimum atomic E-state index is 0.456. The summed E-state index contributed by atoms with van der Waals surface area (Å²) in [5.41, 5.74) is 11.1. The SMILES string of the molecule is N#[N+]c1ccc2cc3ccc(N=[N-])cc3nc2c1. The summed E-state index contributed by atoms with van der Waals surface area (Å²) in [5, 5.41) is 13.8. The number of rotatable bonds is 1. The van der Waals surface area contributed by atoms with E-state index in [0.717, 1.165) is 21.8 Å². The quantitative estimate of drug-likeness (QED) is 0.352. The molecule has 0 saturated heterocycles. The molecule has 0 aliphatic carbocycles. The minimum Gasteiger partial charge on any atom is -0.706 e. The maximum atomic E-state index is 8.74. The number of benzene rings is 2. The third-order valence-corrected chi connectivity index (χ3v) is 2.81. The second-order valence-corrected chi connectivity index (χ2v) is 3.94. The monoisotopic (exact) mass is 233 g/mol. The van der Waals surface area contributed by atoms with Gasteiger partial charge in [-0.15, -0.1) is 0 Å². The van der Waals surface area contributed by atoms with Crippen LogP contribution in [0.15, 0.2) is 47.6 Å². The van der Waals surface area contributed by atoms with E-state index < -0.39 is 0 Å². The Labute approximate surface area is 102 Å². The van der Waals surface area contributed by atoms with Crippen LogP contribution in [0, 0.1) is 5.39 Å². The Bertz CT molecular complexity index is 817. The van der Waals surface area contributed by atoms with E-state index in [0.29, 0.717) is 11.4 Å². The van der Waals surface area contributed by atoms with Crippen LogP contribution in [-0.2, 0) is 0 Å². The van der Waals surface area contributed by atoms with Crippen molar-refractivity contribution in [2.24, 2.45) is 5.11 Å². The summed E-state index contributed by atoms with van der Waals surface area (Å²) in [7, 11) is 0. The van der Waals surface area contributed by atoms with Crippen molar-refractivity contribution in [1.82, 2.24) is 4.98 Å².